The molecule has 2 aliphatic heterocycles. The first kappa shape index (κ1) is 19.3. The maximum Gasteiger partial charge on any atom is 0.164 e. The molecule has 2 aliphatic rings. The monoisotopic (exact) mass is 426 g/mol. The molecule has 2 saturated heterocycles. The van der Waals surface area contributed by atoms with Crippen molar-refractivity contribution in [1.82, 2.24) is 25.1 Å². The van der Waals surface area contributed by atoms with E-state index in [1.807, 2.05) is 54.6 Å². The highest BCUT2D eigenvalue weighted by Gasteiger charge is 2.34. The van der Waals surface area contributed by atoms with Crippen LogP contribution in [-0.2, 0) is 0 Å². The number of hydrogen-bond donors (Lipinski definition) is 2. The molecular weight excluding hydrogens is 400 g/mol. The minimum absolute atomic E-state index is 0.317. The van der Waals surface area contributed by atoms with Crippen LogP contribution in [-0.4, -0.2) is 31.8 Å². The second kappa shape index (κ2) is 7.91. The van der Waals surface area contributed by atoms with E-state index in [0.29, 0.717) is 23.9 Å². The van der Waals surface area contributed by atoms with Gasteiger partial charge in [0.15, 0.2) is 5.65 Å². The van der Waals surface area contributed by atoms with Gasteiger partial charge in [-0.3, -0.25) is 0 Å². The van der Waals surface area contributed by atoms with Crippen LogP contribution in [0.1, 0.15) is 38.1 Å². The van der Waals surface area contributed by atoms with Gasteiger partial charge in [0.2, 0.25) is 0 Å². The van der Waals surface area contributed by atoms with Crippen molar-refractivity contribution in [3.63, 3.8) is 0 Å². The maximum atomic E-state index is 6.32. The van der Waals surface area contributed by atoms with Gasteiger partial charge in [0.25, 0.3) is 0 Å². The number of benzene rings is 2. The smallest absolute Gasteiger partial charge is 0.164 e. The summed E-state index contributed by atoms with van der Waals surface area (Å²) in [5.74, 6) is 2.05. The Hall–Kier alpha value is -3.45. The molecular formula is C25H26N6O. The van der Waals surface area contributed by atoms with Gasteiger partial charge in [-0.1, -0.05) is 24.6 Å². The predicted molar refractivity (Wildman–Crippen MR) is 125 cm³/mol. The average Bonchev–Trinajstić information content (AvgIpc) is 3.21. The molecule has 3 N–H and O–H groups in total. The third-order valence-corrected chi connectivity index (χ3v) is 6.66. The normalized spacial score (nSPS) is 22.7. The summed E-state index contributed by atoms with van der Waals surface area (Å²) in [6, 6.07) is 19.2. The Bertz CT molecular complexity index is 1220. The Kier molecular flexibility index (Phi) is 4.76. The van der Waals surface area contributed by atoms with Crippen molar-refractivity contribution in [2.75, 3.05) is 5.73 Å². The van der Waals surface area contributed by atoms with Crippen LogP contribution in [0.3, 0.4) is 0 Å². The molecule has 0 saturated carbocycles. The van der Waals surface area contributed by atoms with E-state index in [0.717, 1.165) is 46.6 Å². The van der Waals surface area contributed by atoms with Gasteiger partial charge in [-0.25, -0.2) is 14.6 Å². The first-order valence-corrected chi connectivity index (χ1v) is 11.3. The Morgan fingerprint density at radius 1 is 0.906 bits per heavy atom. The first-order chi connectivity index (χ1) is 15.7. The summed E-state index contributed by atoms with van der Waals surface area (Å²) >= 11 is 0. The van der Waals surface area contributed by atoms with Crippen LogP contribution < -0.4 is 15.8 Å². The van der Waals surface area contributed by atoms with Gasteiger partial charge in [0.05, 0.1) is 11.4 Å². The molecule has 7 heteroatoms. The minimum atomic E-state index is 0.317. The van der Waals surface area contributed by atoms with Crippen LogP contribution >= 0.6 is 0 Å². The highest BCUT2D eigenvalue weighted by Crippen LogP contribution is 2.38. The van der Waals surface area contributed by atoms with Gasteiger partial charge in [-0.2, -0.15) is 5.10 Å². The lowest BCUT2D eigenvalue weighted by Crippen LogP contribution is -2.49. The van der Waals surface area contributed by atoms with E-state index in [9.17, 15) is 0 Å². The molecule has 2 bridgehead atoms. The van der Waals surface area contributed by atoms with Crippen molar-refractivity contribution in [3.05, 3.63) is 60.9 Å². The minimum Gasteiger partial charge on any atom is -0.457 e. The van der Waals surface area contributed by atoms with E-state index in [-0.39, 0.29) is 0 Å². The quantitative estimate of drug-likeness (QED) is 0.491. The fourth-order valence-corrected chi connectivity index (χ4v) is 5.19. The van der Waals surface area contributed by atoms with E-state index in [1.165, 1.54) is 19.3 Å². The molecule has 2 aromatic heterocycles. The zero-order valence-corrected chi connectivity index (χ0v) is 17.8. The zero-order valence-electron chi connectivity index (χ0n) is 17.8. The number of nitrogens with two attached hydrogens (primary N) is 1. The lowest BCUT2D eigenvalue weighted by molar-refractivity contribution is 0.183. The highest BCUT2D eigenvalue weighted by atomic mass is 16.5. The van der Waals surface area contributed by atoms with Crippen molar-refractivity contribution in [2.24, 2.45) is 0 Å². The molecule has 2 atom stereocenters. The lowest BCUT2D eigenvalue weighted by atomic mass is 9.84. The van der Waals surface area contributed by atoms with Crippen LogP contribution in [0.5, 0.6) is 11.5 Å². The van der Waals surface area contributed by atoms with Crippen LogP contribution in [0.15, 0.2) is 60.9 Å². The Balaban J connectivity index is 1.36. The number of rotatable bonds is 4. The number of nitrogens with one attached hydrogen (secondary N) is 1. The SMILES string of the molecule is Nc1ncnc2c1c(-c1ccc(Oc3ccccc3)cc1)nn2C1CC2CCCC(C1)N2. The third kappa shape index (κ3) is 3.48. The molecule has 2 aromatic carbocycles. The van der Waals surface area contributed by atoms with Gasteiger partial charge >= 0.3 is 0 Å². The molecule has 6 rings (SSSR count). The standard InChI is InChI=1S/C25H26N6O/c26-24-22-23(16-9-11-21(12-10-16)32-20-7-2-1-3-8-20)30-31(25(22)28-15-27-24)19-13-17-5-4-6-18(14-19)29-17/h1-3,7-12,15,17-19,29H,4-6,13-14H2,(H2,26,27,28). The van der Waals surface area contributed by atoms with Crippen LogP contribution in [0.4, 0.5) is 5.82 Å². The Morgan fingerprint density at radius 3 is 2.38 bits per heavy atom. The first-order valence-electron chi connectivity index (χ1n) is 11.3. The number of hydrogen-bond acceptors (Lipinski definition) is 6. The van der Waals surface area contributed by atoms with Gasteiger partial charge in [0.1, 0.15) is 29.3 Å². The topological polar surface area (TPSA) is 90.9 Å². The maximum absolute atomic E-state index is 6.32. The Labute approximate surface area is 186 Å². The van der Waals surface area contributed by atoms with E-state index in [2.05, 4.69) is 20.0 Å². The second-order valence-corrected chi connectivity index (χ2v) is 8.81. The largest absolute Gasteiger partial charge is 0.457 e. The molecule has 4 aromatic rings. The van der Waals surface area contributed by atoms with Crippen LogP contribution in [0, 0.1) is 0 Å². The van der Waals surface area contributed by atoms with Crippen LogP contribution in [0.2, 0.25) is 0 Å². The van der Waals surface area contributed by atoms with Crippen molar-refractivity contribution in [1.29, 1.82) is 0 Å². The molecule has 0 aliphatic carbocycles. The highest BCUT2D eigenvalue weighted by molar-refractivity contribution is 5.98. The summed E-state index contributed by atoms with van der Waals surface area (Å²) in [5, 5.41) is 9.64. The van der Waals surface area contributed by atoms with Crippen LogP contribution in [0.25, 0.3) is 22.3 Å². The molecule has 162 valence electrons. The fourth-order valence-electron chi connectivity index (χ4n) is 5.19. The Morgan fingerprint density at radius 2 is 1.62 bits per heavy atom. The summed E-state index contributed by atoms with van der Waals surface area (Å²) < 4.78 is 8.04. The molecule has 0 spiro atoms. The van der Waals surface area contributed by atoms with Gasteiger partial charge in [0, 0.05) is 17.6 Å². The number of fused-ring (bicyclic) bond motifs is 3. The number of piperidine rings is 2. The van der Waals surface area contributed by atoms with Gasteiger partial charge in [-0.05, 0) is 62.1 Å². The van der Waals surface area contributed by atoms with E-state index >= 15 is 0 Å². The summed E-state index contributed by atoms with van der Waals surface area (Å²) in [4.78, 5) is 8.85. The molecule has 2 fully saturated rings. The molecule has 32 heavy (non-hydrogen) atoms. The van der Waals surface area contributed by atoms with Crippen molar-refractivity contribution < 1.29 is 4.74 Å². The lowest BCUT2D eigenvalue weighted by Gasteiger charge is -2.40. The summed E-state index contributed by atoms with van der Waals surface area (Å²) in [6.45, 7) is 0. The zero-order chi connectivity index (χ0) is 21.5. The molecule has 4 heterocycles. The van der Waals surface area contributed by atoms with Crippen molar-refractivity contribution in [3.8, 4) is 22.8 Å². The number of ether oxygens (including phenoxy) is 1. The number of anilines is 1. The average molecular weight is 427 g/mol. The summed E-state index contributed by atoms with van der Waals surface area (Å²) in [5.41, 5.74) is 8.94. The van der Waals surface area contributed by atoms with Crippen molar-refractivity contribution in [2.45, 2.75) is 50.2 Å². The third-order valence-electron chi connectivity index (χ3n) is 6.66. The number of nitrogen functional groups attached to an aromatic ring is 1. The molecule has 0 radical (unpaired) electrons. The number of para-hydroxylation sites is 1. The van der Waals surface area contributed by atoms with E-state index in [1.54, 1.807) is 6.33 Å². The summed E-state index contributed by atoms with van der Waals surface area (Å²) in [6.07, 6.45) is 7.46. The van der Waals surface area contributed by atoms with Gasteiger partial charge < -0.3 is 15.8 Å². The van der Waals surface area contributed by atoms with E-state index < -0.39 is 0 Å². The summed E-state index contributed by atoms with van der Waals surface area (Å²) in [7, 11) is 0. The van der Waals surface area contributed by atoms with E-state index in [4.69, 9.17) is 15.6 Å². The van der Waals surface area contributed by atoms with Gasteiger partial charge in [-0.15, -0.1) is 0 Å². The second-order valence-electron chi connectivity index (χ2n) is 8.81. The number of aromatic nitrogens is 4. The predicted octanol–water partition coefficient (Wildman–Crippen LogP) is 4.71. The fraction of sp³-hybridized carbons (Fsp3) is 0.320. The number of nitrogens with zero attached hydrogens (tertiary/aromatic N) is 4. The molecule has 2 unspecified atom stereocenters. The van der Waals surface area contributed by atoms with Crippen molar-refractivity contribution >= 4 is 16.9 Å². The molecule has 0 amide bonds. The molecule has 7 nitrogen and oxygen atoms in total.